The Balaban J connectivity index is 1.04. The molecule has 0 atom stereocenters. The Hall–Kier alpha value is -10.0. The predicted molar refractivity (Wildman–Crippen MR) is 348 cm³/mol. The molecule has 0 unspecified atom stereocenters. The lowest BCUT2D eigenvalue weighted by atomic mass is 9.62. The van der Waals surface area contributed by atoms with E-state index < -0.39 is 10.8 Å². The number of rotatable bonds is 7. The number of hydrogen-bond acceptors (Lipinski definition) is 2. The molecule has 0 spiro atoms. The van der Waals surface area contributed by atoms with Crippen LogP contribution in [-0.2, 0) is 16.2 Å². The summed E-state index contributed by atoms with van der Waals surface area (Å²) in [5.74, 6) is 0. The van der Waals surface area contributed by atoms with Gasteiger partial charge in [-0.1, -0.05) is 287 Å². The van der Waals surface area contributed by atoms with Gasteiger partial charge in [0, 0.05) is 42.0 Å². The van der Waals surface area contributed by atoms with Crippen LogP contribution in [0.3, 0.4) is 0 Å². The lowest BCUT2D eigenvalue weighted by Crippen LogP contribution is -2.38. The zero-order valence-electron chi connectivity index (χ0n) is 47.1. The molecule has 394 valence electrons. The monoisotopic (exact) mass is 1060 g/mol. The highest BCUT2D eigenvalue weighted by Crippen LogP contribution is 2.61. The second kappa shape index (κ2) is 18.5. The Kier molecular flexibility index (Phi) is 10.9. The van der Waals surface area contributed by atoms with Crippen LogP contribution in [0.1, 0.15) is 69.5 Å². The zero-order valence-corrected chi connectivity index (χ0v) is 47.1. The molecule has 0 fully saturated rings. The highest BCUT2D eigenvalue weighted by atomic mass is 15.1. The normalized spacial score (nSPS) is 14.7. The maximum Gasteiger partial charge on any atom is 0.0742 e. The van der Waals surface area contributed by atoms with E-state index in [1.165, 1.54) is 144 Å². The van der Waals surface area contributed by atoms with Gasteiger partial charge in [0.2, 0.25) is 0 Å². The molecule has 0 saturated carbocycles. The van der Waals surface area contributed by atoms with Crippen LogP contribution in [0.15, 0.2) is 291 Å². The first-order valence-electron chi connectivity index (χ1n) is 29.2. The molecule has 13 aromatic rings. The van der Waals surface area contributed by atoms with Gasteiger partial charge in [-0.15, -0.1) is 0 Å². The minimum absolute atomic E-state index is 0.180. The molecule has 0 saturated heterocycles. The van der Waals surface area contributed by atoms with Crippen molar-refractivity contribution in [3.05, 3.63) is 347 Å². The van der Waals surface area contributed by atoms with E-state index >= 15 is 0 Å². The lowest BCUT2D eigenvalue weighted by Gasteiger charge is -2.46. The number of nitrogens with zero attached hydrogens (tertiary/aromatic N) is 2. The standard InChI is InChI=1S/C81H60N2/c1-79(2)67-44-18-17-36-63(67)76-64(43-27-47-70(76)79)75-59-39-23-37-57(61-41-25-48-71-77(61)82(3)73-50-21-19-45-68(73)80(71,53-28-9-5-10-29-53)54-30-11-6-12-31-54)65(59)52-66-58(38-24-40-60(66)75)62-42-26-49-72-78(62)83(4)74-51-22-20-46-69(74)81(72,55-32-13-7-14-33-55)56-34-15-8-16-35-56/h5-52H,1-4H3. The molecular formula is C81H60N2. The first-order chi connectivity index (χ1) is 40.8. The summed E-state index contributed by atoms with van der Waals surface area (Å²) in [6.07, 6.45) is 0. The van der Waals surface area contributed by atoms with E-state index in [4.69, 9.17) is 0 Å². The van der Waals surface area contributed by atoms with Crippen molar-refractivity contribution in [3.63, 3.8) is 0 Å². The summed E-state index contributed by atoms with van der Waals surface area (Å²) < 4.78 is 0. The summed E-state index contributed by atoms with van der Waals surface area (Å²) in [5, 5.41) is 4.88. The highest BCUT2D eigenvalue weighted by molar-refractivity contribution is 6.22. The molecule has 3 aliphatic rings. The molecule has 16 rings (SSSR count). The van der Waals surface area contributed by atoms with Gasteiger partial charge in [0.15, 0.2) is 0 Å². The van der Waals surface area contributed by atoms with Crippen molar-refractivity contribution in [2.24, 2.45) is 0 Å². The number of benzene rings is 13. The average Bonchev–Trinajstić information content (AvgIpc) is 1.68. The summed E-state index contributed by atoms with van der Waals surface area (Å²) in [6.45, 7) is 4.80. The number of fused-ring (bicyclic) bond motifs is 9. The second-order valence-electron chi connectivity index (χ2n) is 23.5. The first kappa shape index (κ1) is 48.8. The molecule has 0 radical (unpaired) electrons. The molecule has 83 heavy (non-hydrogen) atoms. The van der Waals surface area contributed by atoms with E-state index in [9.17, 15) is 0 Å². The summed E-state index contributed by atoms with van der Waals surface area (Å²) in [7, 11) is 4.55. The maximum atomic E-state index is 2.55. The van der Waals surface area contributed by atoms with E-state index in [1.54, 1.807) is 0 Å². The molecule has 0 bridgehead atoms. The van der Waals surface area contributed by atoms with Gasteiger partial charge < -0.3 is 9.80 Å². The van der Waals surface area contributed by atoms with Crippen LogP contribution < -0.4 is 9.80 Å². The van der Waals surface area contributed by atoms with Gasteiger partial charge in [-0.2, -0.15) is 0 Å². The van der Waals surface area contributed by atoms with Crippen LogP contribution in [0.25, 0.3) is 66.1 Å². The van der Waals surface area contributed by atoms with Gasteiger partial charge in [0.25, 0.3) is 0 Å². The Morgan fingerprint density at radius 1 is 0.241 bits per heavy atom. The van der Waals surface area contributed by atoms with Crippen molar-refractivity contribution in [1.82, 2.24) is 0 Å². The van der Waals surface area contributed by atoms with Crippen LogP contribution in [0.4, 0.5) is 22.7 Å². The largest absolute Gasteiger partial charge is 0.344 e. The second-order valence-corrected chi connectivity index (χ2v) is 23.5. The van der Waals surface area contributed by atoms with Crippen LogP contribution in [0.5, 0.6) is 0 Å². The Bertz CT molecular complexity index is 4400. The van der Waals surface area contributed by atoms with Gasteiger partial charge in [0.1, 0.15) is 0 Å². The van der Waals surface area contributed by atoms with Crippen LogP contribution in [-0.4, -0.2) is 14.1 Å². The maximum absolute atomic E-state index is 2.55. The van der Waals surface area contributed by atoms with Gasteiger partial charge >= 0.3 is 0 Å². The minimum atomic E-state index is -0.608. The molecule has 2 heteroatoms. The van der Waals surface area contributed by atoms with E-state index in [0.29, 0.717) is 0 Å². The molecule has 13 aromatic carbocycles. The van der Waals surface area contributed by atoms with Crippen molar-refractivity contribution in [1.29, 1.82) is 0 Å². The third-order valence-corrected chi connectivity index (χ3v) is 19.2. The van der Waals surface area contributed by atoms with E-state index in [-0.39, 0.29) is 5.41 Å². The third kappa shape index (κ3) is 6.72. The number of anilines is 4. The first-order valence-corrected chi connectivity index (χ1v) is 29.2. The van der Waals surface area contributed by atoms with Crippen LogP contribution in [0.2, 0.25) is 0 Å². The smallest absolute Gasteiger partial charge is 0.0742 e. The molecule has 0 amide bonds. The Morgan fingerprint density at radius 3 is 1.01 bits per heavy atom. The van der Waals surface area contributed by atoms with E-state index in [0.717, 1.165) is 0 Å². The van der Waals surface area contributed by atoms with Crippen molar-refractivity contribution >= 4 is 44.3 Å². The van der Waals surface area contributed by atoms with Gasteiger partial charge in [-0.25, -0.2) is 0 Å². The summed E-state index contributed by atoms with van der Waals surface area (Å²) >= 11 is 0. The van der Waals surface area contributed by atoms with Crippen molar-refractivity contribution in [2.45, 2.75) is 30.1 Å². The molecule has 0 N–H and O–H groups in total. The summed E-state index contributed by atoms with van der Waals surface area (Å²) in [6, 6.07) is 110. The van der Waals surface area contributed by atoms with E-state index in [2.05, 4.69) is 329 Å². The predicted octanol–water partition coefficient (Wildman–Crippen LogP) is 20.2. The lowest BCUT2D eigenvalue weighted by molar-refractivity contribution is 0.660. The number of hydrogen-bond donors (Lipinski definition) is 0. The topological polar surface area (TPSA) is 6.48 Å². The van der Waals surface area contributed by atoms with Gasteiger partial charge in [0.05, 0.1) is 22.2 Å². The van der Waals surface area contributed by atoms with Crippen molar-refractivity contribution < 1.29 is 0 Å². The average molecular weight is 1060 g/mol. The highest BCUT2D eigenvalue weighted by Gasteiger charge is 2.48. The molecule has 1 aliphatic carbocycles. The Labute approximate surface area is 486 Å². The number of para-hydroxylation sites is 4. The molecular weight excluding hydrogens is 1000 g/mol. The fraction of sp³-hybridized carbons (Fsp3) is 0.0864. The summed E-state index contributed by atoms with van der Waals surface area (Å²) in [5.41, 5.74) is 26.0. The quantitative estimate of drug-likeness (QED) is 0.147. The Morgan fingerprint density at radius 2 is 0.566 bits per heavy atom. The SMILES string of the molecule is CN1c2ccccc2C(c2ccccc2)(c2ccccc2)c2cccc(-c3cccc4c(-c5cccc6c5-c5ccccc5C6(C)C)c5cccc(-c6cccc7c6N(C)c6ccccc6C7(c6ccccc6)c6ccccc6)c5cc34)c21. The molecule has 2 nitrogen and oxygen atoms in total. The fourth-order valence-electron chi connectivity index (χ4n) is 15.8. The zero-order chi connectivity index (χ0) is 55.6. The van der Waals surface area contributed by atoms with E-state index in [1.807, 2.05) is 0 Å². The fourth-order valence-corrected chi connectivity index (χ4v) is 15.8. The molecule has 2 aliphatic heterocycles. The molecule has 0 aromatic heterocycles. The molecule has 2 heterocycles. The van der Waals surface area contributed by atoms with Gasteiger partial charge in [-0.3, -0.25) is 0 Å². The van der Waals surface area contributed by atoms with Crippen molar-refractivity contribution in [3.8, 4) is 44.5 Å². The third-order valence-electron chi connectivity index (χ3n) is 19.2. The summed E-state index contributed by atoms with van der Waals surface area (Å²) in [4.78, 5) is 4.93. The van der Waals surface area contributed by atoms with Crippen LogP contribution in [0, 0.1) is 0 Å². The van der Waals surface area contributed by atoms with Crippen LogP contribution >= 0.6 is 0 Å². The minimum Gasteiger partial charge on any atom is -0.344 e. The van der Waals surface area contributed by atoms with Crippen molar-refractivity contribution in [2.75, 3.05) is 23.9 Å². The van der Waals surface area contributed by atoms with Gasteiger partial charge in [-0.05, 0) is 129 Å².